The van der Waals surface area contributed by atoms with Crippen LogP contribution in [0.4, 0.5) is 0 Å². The molecule has 4 aromatic rings. The number of Topliss-reactive ketones (excluding diaryl/α,β-unsaturated/α-hetero) is 1. The lowest BCUT2D eigenvalue weighted by Crippen LogP contribution is -2.32. The molecule has 8 nitrogen and oxygen atoms in total. The van der Waals surface area contributed by atoms with Gasteiger partial charge in [0.1, 0.15) is 23.7 Å². The summed E-state index contributed by atoms with van der Waals surface area (Å²) >= 11 is 0. The second kappa shape index (κ2) is 11.4. The van der Waals surface area contributed by atoms with Crippen LogP contribution < -0.4 is 4.74 Å². The molecule has 0 bridgehead atoms. The van der Waals surface area contributed by atoms with Crippen LogP contribution in [0.15, 0.2) is 78.5 Å². The summed E-state index contributed by atoms with van der Waals surface area (Å²) in [5, 5.41) is 11.6. The van der Waals surface area contributed by atoms with Gasteiger partial charge in [-0.15, -0.1) is 0 Å². The zero-order chi connectivity index (χ0) is 28.4. The molecule has 1 atom stereocenters. The van der Waals surface area contributed by atoms with E-state index in [2.05, 4.69) is 4.98 Å². The van der Waals surface area contributed by atoms with E-state index in [1.807, 2.05) is 110 Å². The summed E-state index contributed by atoms with van der Waals surface area (Å²) in [6.07, 6.45) is 2.55. The molecule has 5 rings (SSSR count). The number of imidazole rings is 1. The Morgan fingerprint density at radius 1 is 1.00 bits per heavy atom. The number of ketones is 1. The van der Waals surface area contributed by atoms with Crippen LogP contribution >= 0.6 is 0 Å². The van der Waals surface area contributed by atoms with Gasteiger partial charge in [-0.05, 0) is 75.8 Å². The van der Waals surface area contributed by atoms with Crippen molar-refractivity contribution in [1.29, 1.82) is 0 Å². The van der Waals surface area contributed by atoms with E-state index < -0.39 is 17.7 Å². The van der Waals surface area contributed by atoms with Gasteiger partial charge in [-0.1, -0.05) is 48.5 Å². The summed E-state index contributed by atoms with van der Waals surface area (Å²) in [5.41, 5.74) is 4.45. The van der Waals surface area contributed by atoms with Crippen molar-refractivity contribution in [3.8, 4) is 5.75 Å². The molecule has 1 saturated heterocycles. The Kier molecular flexibility index (Phi) is 7.71. The molecule has 0 radical (unpaired) electrons. The summed E-state index contributed by atoms with van der Waals surface area (Å²) < 4.78 is 7.83. The fourth-order valence-electron chi connectivity index (χ4n) is 5.18. The molecule has 1 aliphatic heterocycles. The second-order valence-corrected chi connectivity index (χ2v) is 10.4. The summed E-state index contributed by atoms with van der Waals surface area (Å²) in [5.74, 6) is -0.912. The fourth-order valence-corrected chi connectivity index (χ4v) is 5.18. The number of hydrogen-bond acceptors (Lipinski definition) is 6. The van der Waals surface area contributed by atoms with Gasteiger partial charge < -0.3 is 24.0 Å². The summed E-state index contributed by atoms with van der Waals surface area (Å²) in [4.78, 5) is 35.0. The van der Waals surface area contributed by atoms with Gasteiger partial charge >= 0.3 is 0 Å². The van der Waals surface area contributed by atoms with Crippen LogP contribution in [0.1, 0.15) is 40.5 Å². The third-order valence-electron chi connectivity index (χ3n) is 7.30. The zero-order valence-corrected chi connectivity index (χ0v) is 23.3. The monoisotopic (exact) mass is 538 g/mol. The Morgan fingerprint density at radius 3 is 2.40 bits per heavy atom. The number of pyridine rings is 1. The predicted molar refractivity (Wildman–Crippen MR) is 154 cm³/mol. The number of likely N-dealkylation sites (tertiary alicyclic amines) is 1. The van der Waals surface area contributed by atoms with Crippen LogP contribution in [0.5, 0.6) is 5.75 Å². The first kappa shape index (κ1) is 27.1. The third kappa shape index (κ3) is 5.22. The first-order chi connectivity index (χ1) is 19.3. The first-order valence-electron chi connectivity index (χ1n) is 13.4. The number of aliphatic hydroxyl groups excluding tert-OH is 1. The Morgan fingerprint density at radius 2 is 1.73 bits per heavy atom. The second-order valence-electron chi connectivity index (χ2n) is 10.4. The minimum atomic E-state index is -0.740. The maximum absolute atomic E-state index is 13.5. The van der Waals surface area contributed by atoms with E-state index in [1.165, 1.54) is 0 Å². The van der Waals surface area contributed by atoms with Gasteiger partial charge in [0.2, 0.25) is 0 Å². The van der Waals surface area contributed by atoms with E-state index in [-0.39, 0.29) is 11.3 Å². The van der Waals surface area contributed by atoms with Gasteiger partial charge in [0.05, 0.1) is 17.3 Å². The molecule has 8 heteroatoms. The highest BCUT2D eigenvalue weighted by atomic mass is 16.5. The number of ether oxygens (including phenoxy) is 1. The summed E-state index contributed by atoms with van der Waals surface area (Å²) in [6.45, 7) is 5.34. The molecule has 0 saturated carbocycles. The first-order valence-corrected chi connectivity index (χ1v) is 13.4. The minimum Gasteiger partial charge on any atom is -0.505 e. The number of aromatic nitrogens is 2. The smallest absolute Gasteiger partial charge is 0.295 e. The Hall–Kier alpha value is -4.43. The molecule has 2 aromatic heterocycles. The van der Waals surface area contributed by atoms with Gasteiger partial charge in [0.15, 0.2) is 5.76 Å². The normalized spacial score (nSPS) is 16.8. The largest absolute Gasteiger partial charge is 0.505 e. The molecular formula is C32H34N4O4. The van der Waals surface area contributed by atoms with E-state index in [1.54, 1.807) is 4.90 Å². The molecule has 40 heavy (non-hydrogen) atoms. The Labute approximate surface area is 234 Å². The molecule has 3 heterocycles. The van der Waals surface area contributed by atoms with Gasteiger partial charge in [-0.25, -0.2) is 4.98 Å². The van der Waals surface area contributed by atoms with Crippen molar-refractivity contribution in [1.82, 2.24) is 19.2 Å². The van der Waals surface area contributed by atoms with Crippen molar-refractivity contribution in [3.05, 3.63) is 107 Å². The van der Waals surface area contributed by atoms with Crippen LogP contribution in [0, 0.1) is 13.8 Å². The number of carbonyl (C=O) groups excluding carboxylic acids is 2. The van der Waals surface area contributed by atoms with Crippen molar-refractivity contribution in [2.24, 2.45) is 0 Å². The van der Waals surface area contributed by atoms with Crippen molar-refractivity contribution in [2.75, 3.05) is 27.2 Å². The highest BCUT2D eigenvalue weighted by molar-refractivity contribution is 6.46. The number of carbonyl (C=O) groups is 2. The third-order valence-corrected chi connectivity index (χ3v) is 7.30. The van der Waals surface area contributed by atoms with Gasteiger partial charge in [0, 0.05) is 12.7 Å². The molecule has 1 amide bonds. The van der Waals surface area contributed by atoms with Gasteiger partial charge in [-0.2, -0.15) is 0 Å². The van der Waals surface area contributed by atoms with E-state index in [0.717, 1.165) is 23.2 Å². The molecule has 1 fully saturated rings. The Bertz CT molecular complexity index is 1570. The van der Waals surface area contributed by atoms with Crippen molar-refractivity contribution < 1.29 is 19.4 Å². The average molecular weight is 539 g/mol. The van der Waals surface area contributed by atoms with Crippen LogP contribution in [0.25, 0.3) is 11.4 Å². The van der Waals surface area contributed by atoms with Crippen molar-refractivity contribution in [2.45, 2.75) is 32.9 Å². The highest BCUT2D eigenvalue weighted by Gasteiger charge is 2.46. The van der Waals surface area contributed by atoms with E-state index >= 15 is 0 Å². The zero-order valence-electron chi connectivity index (χ0n) is 23.3. The lowest BCUT2D eigenvalue weighted by molar-refractivity contribution is -0.139. The van der Waals surface area contributed by atoms with Crippen LogP contribution in [-0.2, 0) is 16.2 Å². The number of fused-ring (bicyclic) bond motifs is 1. The minimum absolute atomic E-state index is 0.0527. The Balaban J connectivity index is 1.53. The topological polar surface area (TPSA) is 87.4 Å². The molecule has 0 aliphatic carbocycles. The standard InChI is InChI=1S/C32H34N4O4/c1-21-10-8-18-35-22(2)27(33-31(21)35)29(37)26-28(36(32(39)30(26)38)19-9-17-34(3)4)24-13-15-25(16-14-24)40-20-23-11-6-5-7-12-23/h5-8,10-16,18,28,37H,9,17,19-20H2,1-4H3/b29-26+. The molecule has 0 spiro atoms. The number of aliphatic hydroxyl groups is 1. The molecule has 1 unspecified atom stereocenters. The number of amides is 1. The number of aryl methyl sites for hydroxylation is 2. The SMILES string of the molecule is Cc1cccn2c(C)c(/C(O)=C3\C(=O)C(=O)N(CCCN(C)C)C3c3ccc(OCc4ccccc4)cc3)nc12. The maximum Gasteiger partial charge on any atom is 0.295 e. The number of benzene rings is 2. The van der Waals surface area contributed by atoms with Crippen LogP contribution in [0.3, 0.4) is 0 Å². The average Bonchev–Trinajstić information content (AvgIpc) is 3.42. The lowest BCUT2D eigenvalue weighted by Gasteiger charge is -2.26. The molecule has 1 N–H and O–H groups in total. The molecular weight excluding hydrogens is 504 g/mol. The quantitative estimate of drug-likeness (QED) is 0.185. The summed E-state index contributed by atoms with van der Waals surface area (Å²) in [7, 11) is 3.93. The highest BCUT2D eigenvalue weighted by Crippen LogP contribution is 2.40. The summed E-state index contributed by atoms with van der Waals surface area (Å²) in [6, 6.07) is 20.4. The molecule has 1 aliphatic rings. The van der Waals surface area contributed by atoms with E-state index in [4.69, 9.17) is 4.74 Å². The number of rotatable bonds is 9. The van der Waals surface area contributed by atoms with Crippen molar-refractivity contribution >= 4 is 23.1 Å². The molecule has 2 aromatic carbocycles. The van der Waals surface area contributed by atoms with Gasteiger partial charge in [-0.3, -0.25) is 9.59 Å². The van der Waals surface area contributed by atoms with E-state index in [0.29, 0.717) is 42.4 Å². The maximum atomic E-state index is 13.5. The van der Waals surface area contributed by atoms with Crippen LogP contribution in [0.2, 0.25) is 0 Å². The van der Waals surface area contributed by atoms with E-state index in [9.17, 15) is 14.7 Å². The van der Waals surface area contributed by atoms with Crippen molar-refractivity contribution in [3.63, 3.8) is 0 Å². The number of nitrogens with zero attached hydrogens (tertiary/aromatic N) is 4. The van der Waals surface area contributed by atoms with Gasteiger partial charge in [0.25, 0.3) is 11.7 Å². The number of hydrogen-bond donors (Lipinski definition) is 1. The van der Waals surface area contributed by atoms with Crippen LogP contribution in [-0.4, -0.2) is 63.2 Å². The molecule has 206 valence electrons. The predicted octanol–water partition coefficient (Wildman–Crippen LogP) is 4.90. The fraction of sp³-hybridized carbons (Fsp3) is 0.281. The lowest BCUT2D eigenvalue weighted by atomic mass is 9.96.